The highest BCUT2D eigenvalue weighted by Gasteiger charge is 2.26. The third-order valence-electron chi connectivity index (χ3n) is 2.30. The highest BCUT2D eigenvalue weighted by Crippen LogP contribution is 2.36. The van der Waals surface area contributed by atoms with Crippen molar-refractivity contribution >= 4 is 0 Å². The van der Waals surface area contributed by atoms with Crippen LogP contribution in [0.5, 0.6) is 0 Å². The molecule has 0 spiro atoms. The molecule has 1 saturated carbocycles. The molecule has 4 heteroatoms. The van der Waals surface area contributed by atoms with Gasteiger partial charge in [0.25, 0.3) is 0 Å². The predicted octanol–water partition coefficient (Wildman–Crippen LogP) is 0.649. The van der Waals surface area contributed by atoms with Gasteiger partial charge in [-0.1, -0.05) is 12.8 Å². The maximum absolute atomic E-state index is 9.68. The third-order valence-corrected chi connectivity index (χ3v) is 2.30. The van der Waals surface area contributed by atoms with Crippen LogP contribution in [0.4, 0.5) is 0 Å². The molecule has 12 heavy (non-hydrogen) atoms. The van der Waals surface area contributed by atoms with Crippen molar-refractivity contribution in [2.75, 3.05) is 0 Å². The van der Waals surface area contributed by atoms with Crippen molar-refractivity contribution in [3.8, 4) is 0 Å². The number of nitrogens with zero attached hydrogens (tertiary/aromatic N) is 3. The van der Waals surface area contributed by atoms with Crippen molar-refractivity contribution in [1.29, 1.82) is 0 Å². The molecule has 1 N–H and O–H groups in total. The average molecular weight is 167 g/mol. The lowest BCUT2D eigenvalue weighted by atomic mass is 10.2. The molecule has 1 fully saturated rings. The van der Waals surface area contributed by atoms with Gasteiger partial charge in [-0.3, -0.25) is 0 Å². The minimum Gasteiger partial charge on any atom is -0.385 e. The lowest BCUT2D eigenvalue weighted by Gasteiger charge is -2.07. The molecule has 2 rings (SSSR count). The van der Waals surface area contributed by atoms with E-state index in [2.05, 4.69) is 10.2 Å². The van der Waals surface area contributed by atoms with Gasteiger partial charge < -0.3 is 9.67 Å². The van der Waals surface area contributed by atoms with E-state index in [9.17, 15) is 5.11 Å². The maximum Gasteiger partial charge on any atom is 0.161 e. The Labute approximate surface area is 71.2 Å². The van der Waals surface area contributed by atoms with Gasteiger partial charge >= 0.3 is 0 Å². The van der Waals surface area contributed by atoms with Crippen molar-refractivity contribution in [3.05, 3.63) is 12.2 Å². The van der Waals surface area contributed by atoms with Crippen LogP contribution in [0.3, 0.4) is 0 Å². The van der Waals surface area contributed by atoms with Gasteiger partial charge in [0.2, 0.25) is 0 Å². The van der Waals surface area contributed by atoms with Gasteiger partial charge in [-0.2, -0.15) is 0 Å². The summed E-state index contributed by atoms with van der Waals surface area (Å²) in [6.07, 6.45) is 4.55. The van der Waals surface area contributed by atoms with Crippen molar-refractivity contribution in [1.82, 2.24) is 14.8 Å². The minimum atomic E-state index is -0.426. The molecule has 0 aromatic carbocycles. The van der Waals surface area contributed by atoms with Crippen LogP contribution in [0.15, 0.2) is 6.33 Å². The van der Waals surface area contributed by atoms with Crippen molar-refractivity contribution in [2.45, 2.75) is 25.4 Å². The van der Waals surface area contributed by atoms with Gasteiger partial charge in [-0.25, -0.2) is 0 Å². The van der Waals surface area contributed by atoms with Crippen molar-refractivity contribution in [2.24, 2.45) is 13.0 Å². The number of aliphatic hydroxyl groups excluding tert-OH is 1. The van der Waals surface area contributed by atoms with Crippen LogP contribution in [-0.4, -0.2) is 19.9 Å². The first-order chi connectivity index (χ1) is 5.77. The molecular weight excluding hydrogens is 154 g/mol. The zero-order valence-corrected chi connectivity index (χ0v) is 7.14. The Hall–Kier alpha value is -0.900. The zero-order valence-electron chi connectivity index (χ0n) is 7.14. The first-order valence-electron chi connectivity index (χ1n) is 4.29. The van der Waals surface area contributed by atoms with E-state index < -0.39 is 6.10 Å². The summed E-state index contributed by atoms with van der Waals surface area (Å²) in [5, 5.41) is 17.3. The van der Waals surface area contributed by atoms with Crippen molar-refractivity contribution in [3.63, 3.8) is 0 Å². The van der Waals surface area contributed by atoms with E-state index in [4.69, 9.17) is 0 Å². The van der Waals surface area contributed by atoms with Gasteiger partial charge in [-0.15, -0.1) is 10.2 Å². The molecule has 0 bridgehead atoms. The largest absolute Gasteiger partial charge is 0.385 e. The molecular formula is C8H13N3O. The topological polar surface area (TPSA) is 50.9 Å². The molecule has 1 aromatic rings. The van der Waals surface area contributed by atoms with Crippen LogP contribution in [0, 0.1) is 5.92 Å². The van der Waals surface area contributed by atoms with Gasteiger partial charge in [-0.05, 0) is 12.3 Å². The summed E-state index contributed by atoms with van der Waals surface area (Å²) in [7, 11) is 1.85. The lowest BCUT2D eigenvalue weighted by molar-refractivity contribution is 0.147. The second-order valence-corrected chi connectivity index (χ2v) is 3.49. The lowest BCUT2D eigenvalue weighted by Crippen LogP contribution is -2.06. The van der Waals surface area contributed by atoms with Crippen LogP contribution in [-0.2, 0) is 7.05 Å². The number of aryl methyl sites for hydroxylation is 1. The fraction of sp³-hybridized carbons (Fsp3) is 0.750. The highest BCUT2D eigenvalue weighted by molar-refractivity contribution is 4.92. The molecule has 0 aliphatic heterocycles. The number of hydrogen-bond donors (Lipinski definition) is 1. The smallest absolute Gasteiger partial charge is 0.161 e. The maximum atomic E-state index is 9.68. The second kappa shape index (κ2) is 2.86. The Balaban J connectivity index is 2.02. The molecule has 1 atom stereocenters. The fourth-order valence-electron chi connectivity index (χ4n) is 1.37. The van der Waals surface area contributed by atoms with E-state index in [0.29, 0.717) is 5.82 Å². The molecule has 1 unspecified atom stereocenters. The number of rotatable bonds is 3. The van der Waals surface area contributed by atoms with E-state index >= 15 is 0 Å². The molecule has 1 aliphatic carbocycles. The average Bonchev–Trinajstić information content (AvgIpc) is 2.72. The second-order valence-electron chi connectivity index (χ2n) is 3.49. The van der Waals surface area contributed by atoms with Crippen LogP contribution >= 0.6 is 0 Å². The van der Waals surface area contributed by atoms with E-state index in [1.165, 1.54) is 12.8 Å². The number of aliphatic hydroxyl groups is 1. The predicted molar refractivity (Wildman–Crippen MR) is 43.3 cm³/mol. The SMILES string of the molecule is Cn1cnnc1C(O)CC1CC1. The number of hydrogen-bond acceptors (Lipinski definition) is 3. The Morgan fingerprint density at radius 3 is 3.00 bits per heavy atom. The van der Waals surface area contributed by atoms with Gasteiger partial charge in [0.1, 0.15) is 12.4 Å². The minimum absolute atomic E-state index is 0.426. The van der Waals surface area contributed by atoms with Crippen LogP contribution in [0.1, 0.15) is 31.2 Å². The summed E-state index contributed by atoms with van der Waals surface area (Å²) < 4.78 is 1.77. The summed E-state index contributed by atoms with van der Waals surface area (Å²) in [4.78, 5) is 0. The summed E-state index contributed by atoms with van der Waals surface area (Å²) in [5.41, 5.74) is 0. The molecule has 0 saturated heterocycles. The normalized spacial score (nSPS) is 19.5. The Morgan fingerprint density at radius 2 is 2.50 bits per heavy atom. The third kappa shape index (κ3) is 1.48. The quantitative estimate of drug-likeness (QED) is 0.719. The Morgan fingerprint density at radius 1 is 1.75 bits per heavy atom. The van der Waals surface area contributed by atoms with Gasteiger partial charge in [0, 0.05) is 7.05 Å². The summed E-state index contributed by atoms with van der Waals surface area (Å²) in [6.45, 7) is 0. The standard InChI is InChI=1S/C8H13N3O/c1-11-5-9-10-8(11)7(12)4-6-2-3-6/h5-7,12H,2-4H2,1H3. The molecule has 1 heterocycles. The van der Waals surface area contributed by atoms with Gasteiger partial charge in [0.15, 0.2) is 5.82 Å². The fourth-order valence-corrected chi connectivity index (χ4v) is 1.37. The molecule has 66 valence electrons. The van der Waals surface area contributed by atoms with E-state index in [1.54, 1.807) is 10.9 Å². The van der Waals surface area contributed by atoms with Crippen LogP contribution < -0.4 is 0 Å². The van der Waals surface area contributed by atoms with E-state index in [-0.39, 0.29) is 0 Å². The van der Waals surface area contributed by atoms with E-state index in [0.717, 1.165) is 12.3 Å². The molecule has 0 radical (unpaired) electrons. The summed E-state index contributed by atoms with van der Waals surface area (Å²) in [5.74, 6) is 1.40. The van der Waals surface area contributed by atoms with E-state index in [1.807, 2.05) is 7.05 Å². The molecule has 4 nitrogen and oxygen atoms in total. The van der Waals surface area contributed by atoms with Gasteiger partial charge in [0.05, 0.1) is 0 Å². The first-order valence-corrected chi connectivity index (χ1v) is 4.29. The van der Waals surface area contributed by atoms with Crippen LogP contribution in [0.25, 0.3) is 0 Å². The van der Waals surface area contributed by atoms with Crippen molar-refractivity contribution < 1.29 is 5.11 Å². The Bertz CT molecular complexity index is 267. The summed E-state index contributed by atoms with van der Waals surface area (Å²) in [6, 6.07) is 0. The highest BCUT2D eigenvalue weighted by atomic mass is 16.3. The molecule has 1 aromatic heterocycles. The molecule has 1 aliphatic rings. The monoisotopic (exact) mass is 167 g/mol. The zero-order chi connectivity index (χ0) is 8.55. The van der Waals surface area contributed by atoms with Crippen LogP contribution in [0.2, 0.25) is 0 Å². The number of aromatic nitrogens is 3. The molecule has 0 amide bonds. The first kappa shape index (κ1) is 7.73. The summed E-state index contributed by atoms with van der Waals surface area (Å²) >= 11 is 0. The Kier molecular flexibility index (Phi) is 1.84.